The monoisotopic (exact) mass is 345 g/mol. The van der Waals surface area contributed by atoms with Crippen LogP contribution in [0.1, 0.15) is 31.7 Å². The van der Waals surface area contributed by atoms with Gasteiger partial charge in [-0.3, -0.25) is 0 Å². The van der Waals surface area contributed by atoms with Crippen LogP contribution in [-0.4, -0.2) is 30.2 Å². The molecule has 0 aliphatic heterocycles. The zero-order chi connectivity index (χ0) is 17.2. The van der Waals surface area contributed by atoms with E-state index in [0.717, 1.165) is 11.0 Å². The van der Waals surface area contributed by atoms with Crippen LogP contribution in [0.15, 0.2) is 30.2 Å². The molecule has 0 spiro atoms. The van der Waals surface area contributed by atoms with E-state index in [9.17, 15) is 13.7 Å². The molecule has 3 N–H and O–H groups in total. The van der Waals surface area contributed by atoms with E-state index in [1.54, 1.807) is 6.20 Å². The van der Waals surface area contributed by atoms with Gasteiger partial charge >= 0.3 is 0 Å². The molecule has 0 aromatic carbocycles. The molecule has 126 valence electrons. The topological polar surface area (TPSA) is 111 Å². The summed E-state index contributed by atoms with van der Waals surface area (Å²) in [6, 6.07) is 3.97. The number of aromatic amines is 1. The fourth-order valence-electron chi connectivity index (χ4n) is 2.78. The molecule has 7 nitrogen and oxygen atoms in total. The molecule has 0 unspecified atom stereocenters. The molecule has 8 heteroatoms. The van der Waals surface area contributed by atoms with Crippen LogP contribution in [0, 0.1) is 11.3 Å². The molecule has 0 bridgehead atoms. The first-order chi connectivity index (χ1) is 11.5. The summed E-state index contributed by atoms with van der Waals surface area (Å²) >= 11 is 0. The van der Waals surface area contributed by atoms with Crippen LogP contribution >= 0.6 is 0 Å². The molecule has 1 fully saturated rings. The van der Waals surface area contributed by atoms with Gasteiger partial charge in [0.25, 0.3) is 0 Å². The Hall–Kier alpha value is -2.37. The summed E-state index contributed by atoms with van der Waals surface area (Å²) in [7, 11) is -3.17. The number of pyridine rings is 1. The van der Waals surface area contributed by atoms with Crippen molar-refractivity contribution >= 4 is 26.7 Å². The molecular weight excluding hydrogens is 326 g/mol. The molecule has 1 aliphatic rings. The van der Waals surface area contributed by atoms with Crippen LogP contribution in [0.5, 0.6) is 0 Å². The van der Waals surface area contributed by atoms with Crippen molar-refractivity contribution in [3.05, 3.63) is 35.8 Å². The molecule has 1 saturated carbocycles. The highest BCUT2D eigenvalue weighted by Gasteiger charge is 2.27. The fourth-order valence-corrected chi connectivity index (χ4v) is 4.11. The van der Waals surface area contributed by atoms with E-state index in [2.05, 4.69) is 26.1 Å². The number of rotatable bonds is 6. The third-order valence-corrected chi connectivity index (χ3v) is 5.60. The van der Waals surface area contributed by atoms with Gasteiger partial charge in [-0.25, -0.2) is 18.1 Å². The Morgan fingerprint density at radius 3 is 3.00 bits per heavy atom. The molecule has 3 rings (SSSR count). The fraction of sp³-hybridized carbons (Fsp3) is 0.375. The Bertz CT molecular complexity index is 916. The van der Waals surface area contributed by atoms with E-state index in [1.807, 2.05) is 19.2 Å². The van der Waals surface area contributed by atoms with E-state index >= 15 is 0 Å². The van der Waals surface area contributed by atoms with Crippen molar-refractivity contribution in [3.63, 3.8) is 0 Å². The number of hydrogen-bond acceptors (Lipinski definition) is 5. The average Bonchev–Trinajstić information content (AvgIpc) is 2.97. The summed E-state index contributed by atoms with van der Waals surface area (Å²) in [5.41, 5.74) is 3.02. The standard InChI is InChI=1S/C16H19N5O2S/c1-2-5-24(22,23)21-13-6-11(7-13)9-19-15-12(8-17)10-20-16-14(15)3-4-18-16/h3-4,9-10,13,21H,2,5-7H2,1H3,(H2,18,19,20). The first kappa shape index (κ1) is 16.5. The first-order valence-corrected chi connectivity index (χ1v) is 9.48. The summed E-state index contributed by atoms with van der Waals surface area (Å²) in [5, 5.41) is 13.3. The molecule has 0 atom stereocenters. The molecular formula is C16H19N5O2S. The number of anilines is 1. The van der Waals surface area contributed by atoms with Crippen molar-refractivity contribution in [2.75, 3.05) is 11.1 Å². The Kier molecular flexibility index (Phi) is 4.55. The van der Waals surface area contributed by atoms with Gasteiger partial charge in [-0.15, -0.1) is 0 Å². The predicted octanol–water partition coefficient (Wildman–Crippen LogP) is 2.22. The van der Waals surface area contributed by atoms with Crippen molar-refractivity contribution in [1.82, 2.24) is 14.7 Å². The molecule has 0 amide bonds. The number of sulfonamides is 1. The van der Waals surface area contributed by atoms with Crippen LogP contribution in [-0.2, 0) is 10.0 Å². The van der Waals surface area contributed by atoms with Crippen LogP contribution in [0.4, 0.5) is 5.69 Å². The van der Waals surface area contributed by atoms with Crippen molar-refractivity contribution in [2.24, 2.45) is 0 Å². The van der Waals surface area contributed by atoms with Crippen LogP contribution in [0.3, 0.4) is 0 Å². The lowest BCUT2D eigenvalue weighted by Crippen LogP contribution is -2.41. The smallest absolute Gasteiger partial charge is 0.211 e. The molecule has 0 radical (unpaired) electrons. The number of nitrogens with one attached hydrogen (secondary N) is 3. The maximum atomic E-state index is 11.7. The summed E-state index contributed by atoms with van der Waals surface area (Å²) in [5.74, 6) is 0.162. The van der Waals surface area contributed by atoms with Crippen molar-refractivity contribution in [3.8, 4) is 6.07 Å². The van der Waals surface area contributed by atoms with Gasteiger partial charge in [-0.1, -0.05) is 12.5 Å². The van der Waals surface area contributed by atoms with Crippen LogP contribution < -0.4 is 10.0 Å². The third-order valence-electron chi connectivity index (χ3n) is 3.96. The number of nitriles is 1. The number of hydrogen-bond donors (Lipinski definition) is 3. The van der Waals surface area contributed by atoms with Gasteiger partial charge < -0.3 is 10.3 Å². The lowest BCUT2D eigenvalue weighted by Gasteiger charge is -2.29. The second-order valence-corrected chi connectivity index (χ2v) is 7.76. The van der Waals surface area contributed by atoms with Crippen LogP contribution in [0.2, 0.25) is 0 Å². The second-order valence-electron chi connectivity index (χ2n) is 5.89. The lowest BCUT2D eigenvalue weighted by molar-refractivity contribution is 0.480. The predicted molar refractivity (Wildman–Crippen MR) is 92.7 cm³/mol. The van der Waals surface area contributed by atoms with Crippen molar-refractivity contribution < 1.29 is 8.42 Å². The maximum Gasteiger partial charge on any atom is 0.211 e. The molecule has 2 aromatic rings. The van der Waals surface area contributed by atoms with E-state index in [4.69, 9.17) is 0 Å². The minimum Gasteiger partial charge on any atom is -0.360 e. The summed E-state index contributed by atoms with van der Waals surface area (Å²) < 4.78 is 26.2. The highest BCUT2D eigenvalue weighted by Crippen LogP contribution is 2.29. The van der Waals surface area contributed by atoms with Gasteiger partial charge in [0.05, 0.1) is 17.0 Å². The Balaban J connectivity index is 1.67. The summed E-state index contributed by atoms with van der Waals surface area (Å²) in [6.45, 7) is 1.85. The Morgan fingerprint density at radius 1 is 1.50 bits per heavy atom. The van der Waals surface area contributed by atoms with E-state index in [0.29, 0.717) is 36.2 Å². The van der Waals surface area contributed by atoms with Gasteiger partial charge in [0.2, 0.25) is 10.0 Å². The van der Waals surface area contributed by atoms with E-state index < -0.39 is 10.0 Å². The maximum absolute atomic E-state index is 11.7. The highest BCUT2D eigenvalue weighted by atomic mass is 32.2. The molecule has 0 saturated heterocycles. The summed E-state index contributed by atoms with van der Waals surface area (Å²) in [4.78, 5) is 7.20. The highest BCUT2D eigenvalue weighted by molar-refractivity contribution is 7.89. The largest absolute Gasteiger partial charge is 0.360 e. The molecule has 24 heavy (non-hydrogen) atoms. The zero-order valence-electron chi connectivity index (χ0n) is 13.3. The van der Waals surface area contributed by atoms with E-state index in [1.165, 1.54) is 6.20 Å². The molecule has 2 heterocycles. The first-order valence-electron chi connectivity index (χ1n) is 7.83. The minimum atomic E-state index is -3.17. The molecule has 1 aliphatic carbocycles. The van der Waals surface area contributed by atoms with Crippen molar-refractivity contribution in [1.29, 1.82) is 5.26 Å². The number of H-pyrrole nitrogens is 1. The van der Waals surface area contributed by atoms with Gasteiger partial charge in [0.15, 0.2) is 0 Å². The lowest BCUT2D eigenvalue weighted by atomic mass is 9.88. The van der Waals surface area contributed by atoms with Gasteiger partial charge in [0.1, 0.15) is 11.7 Å². The van der Waals surface area contributed by atoms with Crippen LogP contribution in [0.25, 0.3) is 11.0 Å². The number of aromatic nitrogens is 2. The summed E-state index contributed by atoms with van der Waals surface area (Å²) in [6.07, 6.45) is 7.13. The van der Waals surface area contributed by atoms with Gasteiger partial charge in [-0.2, -0.15) is 5.26 Å². The third kappa shape index (κ3) is 3.42. The van der Waals surface area contributed by atoms with Gasteiger partial charge in [-0.05, 0) is 25.3 Å². The second kappa shape index (κ2) is 6.63. The minimum absolute atomic E-state index is 0.0326. The molecule has 2 aromatic heterocycles. The number of fused-ring (bicyclic) bond motifs is 1. The van der Waals surface area contributed by atoms with Gasteiger partial charge in [0, 0.05) is 30.0 Å². The average molecular weight is 345 g/mol. The zero-order valence-corrected chi connectivity index (χ0v) is 14.2. The number of nitrogens with zero attached hydrogens (tertiary/aromatic N) is 2. The van der Waals surface area contributed by atoms with E-state index in [-0.39, 0.29) is 11.8 Å². The normalized spacial score (nSPS) is 17.3. The Labute approximate surface area is 140 Å². The SMILES string of the molecule is CCCS(=O)(=O)NC1CC(=CNc2c(C#N)cnc3[nH]ccc23)C1. The quantitative estimate of drug-likeness (QED) is 0.743. The van der Waals surface area contributed by atoms with Crippen molar-refractivity contribution in [2.45, 2.75) is 32.2 Å². The Morgan fingerprint density at radius 2 is 2.29 bits per heavy atom.